The number of likely N-dealkylation sites (N-methyl/N-ethyl adjacent to an activating group) is 1. The zero-order valence-corrected chi connectivity index (χ0v) is 20.3. The number of hydrogen-bond donors (Lipinski definition) is 3. The first-order valence-corrected chi connectivity index (χ1v) is 12.0. The van der Waals surface area contributed by atoms with Gasteiger partial charge < -0.3 is 25.2 Å². The first-order chi connectivity index (χ1) is 17.0. The summed E-state index contributed by atoms with van der Waals surface area (Å²) in [4.78, 5) is 33.4. The number of ether oxygens (including phenoxy) is 1. The number of hydrogen-bond acceptors (Lipinski definition) is 6. The van der Waals surface area contributed by atoms with Gasteiger partial charge in [-0.2, -0.15) is 0 Å². The maximum absolute atomic E-state index is 12.3. The van der Waals surface area contributed by atoms with Crippen molar-refractivity contribution in [2.45, 2.75) is 13.3 Å². The first kappa shape index (κ1) is 24.5. The molecule has 0 saturated carbocycles. The van der Waals surface area contributed by atoms with Crippen LogP contribution in [0.2, 0.25) is 0 Å². The fourth-order valence-electron chi connectivity index (χ4n) is 4.01. The normalized spacial score (nSPS) is 14.6. The van der Waals surface area contributed by atoms with E-state index < -0.39 is 0 Å². The Morgan fingerprint density at radius 1 is 1.03 bits per heavy atom. The van der Waals surface area contributed by atoms with E-state index in [9.17, 15) is 9.59 Å². The van der Waals surface area contributed by atoms with Crippen LogP contribution in [0, 0.1) is 0 Å². The number of carbonyl (C=O) groups is 2. The quantitative estimate of drug-likeness (QED) is 0.429. The van der Waals surface area contributed by atoms with Gasteiger partial charge in [-0.25, -0.2) is 14.6 Å². The van der Waals surface area contributed by atoms with Crippen molar-refractivity contribution in [3.8, 4) is 11.5 Å². The molecule has 1 fully saturated rings. The molecule has 0 radical (unpaired) electrons. The molecule has 3 heterocycles. The van der Waals surface area contributed by atoms with Crippen molar-refractivity contribution >= 4 is 28.8 Å². The third-order valence-electron chi connectivity index (χ3n) is 5.95. The lowest BCUT2D eigenvalue weighted by Gasteiger charge is -2.32. The summed E-state index contributed by atoms with van der Waals surface area (Å²) in [6, 6.07) is 10.3. The number of carbonyl (C=O) groups excluding carboxylic acids is 2. The summed E-state index contributed by atoms with van der Waals surface area (Å²) in [6.07, 6.45) is 4.22. The number of aromatic nitrogens is 2. The van der Waals surface area contributed by atoms with Crippen LogP contribution in [0.5, 0.6) is 11.5 Å². The Bertz CT molecular complexity index is 1150. The highest BCUT2D eigenvalue weighted by Crippen LogP contribution is 2.27. The van der Waals surface area contributed by atoms with Crippen LogP contribution in [0.25, 0.3) is 10.9 Å². The van der Waals surface area contributed by atoms with E-state index in [2.05, 4.69) is 37.8 Å². The van der Waals surface area contributed by atoms with Crippen molar-refractivity contribution in [3.63, 3.8) is 0 Å². The monoisotopic (exact) mass is 479 g/mol. The number of fused-ring (bicyclic) bond motifs is 1. The predicted octanol–water partition coefficient (Wildman–Crippen LogP) is 3.17. The topological polar surface area (TPSA) is 104 Å². The molecule has 0 unspecified atom stereocenters. The molecule has 1 saturated heterocycles. The molecule has 4 rings (SSSR count). The molecule has 1 aliphatic heterocycles. The highest BCUT2D eigenvalue weighted by atomic mass is 16.5. The minimum absolute atomic E-state index is 0.168. The van der Waals surface area contributed by atoms with Crippen molar-refractivity contribution < 1.29 is 14.3 Å². The number of anilines is 1. The highest BCUT2D eigenvalue weighted by Gasteiger charge is 2.13. The van der Waals surface area contributed by atoms with Gasteiger partial charge in [0.15, 0.2) is 0 Å². The molecule has 0 spiro atoms. The molecule has 10 heteroatoms. The Hall–Kier alpha value is -3.63. The molecular weight excluding hydrogens is 446 g/mol. The second-order valence-electron chi connectivity index (χ2n) is 8.60. The van der Waals surface area contributed by atoms with Crippen LogP contribution in [0.3, 0.4) is 0 Å². The lowest BCUT2D eigenvalue weighted by molar-refractivity contribution is 0.153. The van der Waals surface area contributed by atoms with E-state index >= 15 is 0 Å². The Balaban J connectivity index is 1.27. The number of rotatable bonds is 8. The number of piperazine rings is 1. The van der Waals surface area contributed by atoms with E-state index in [0.717, 1.165) is 50.0 Å². The van der Waals surface area contributed by atoms with Gasteiger partial charge in [-0.15, -0.1) is 0 Å². The van der Waals surface area contributed by atoms with Crippen LogP contribution in [0.1, 0.15) is 13.3 Å². The first-order valence-electron chi connectivity index (χ1n) is 12.0. The fraction of sp³-hybridized carbons (Fsp3) is 0.400. The van der Waals surface area contributed by atoms with E-state index in [1.165, 1.54) is 0 Å². The molecule has 1 aliphatic rings. The van der Waals surface area contributed by atoms with E-state index in [-0.39, 0.29) is 12.1 Å². The predicted molar refractivity (Wildman–Crippen MR) is 136 cm³/mol. The van der Waals surface area contributed by atoms with Crippen LogP contribution >= 0.6 is 0 Å². The number of benzene rings is 1. The van der Waals surface area contributed by atoms with E-state index in [1.807, 2.05) is 25.1 Å². The summed E-state index contributed by atoms with van der Waals surface area (Å²) >= 11 is 0. The maximum Gasteiger partial charge on any atom is 0.326 e. The fourth-order valence-corrected chi connectivity index (χ4v) is 4.01. The van der Waals surface area contributed by atoms with Gasteiger partial charge in [0.25, 0.3) is 0 Å². The van der Waals surface area contributed by atoms with Gasteiger partial charge in [0.1, 0.15) is 17.3 Å². The standard InChI is InChI=1S/C25H33N7O3/c1-3-26-25(34)32-12-8-19-17-20(5-6-22(19)32)35-21-7-10-27-23(18-21)29-24(33)28-9-4-11-31-15-13-30(2)14-16-31/h5-8,10,12,17-18H,3-4,9,11,13-16H2,1-2H3,(H,26,34)(H2,27,28,29,33). The van der Waals surface area contributed by atoms with Crippen molar-refractivity contribution in [2.24, 2.45) is 0 Å². The number of nitrogens with one attached hydrogen (secondary N) is 3. The van der Waals surface area contributed by atoms with Crippen molar-refractivity contribution in [2.75, 3.05) is 58.2 Å². The summed E-state index contributed by atoms with van der Waals surface area (Å²) in [5.41, 5.74) is 0.796. The summed E-state index contributed by atoms with van der Waals surface area (Å²) < 4.78 is 7.54. The van der Waals surface area contributed by atoms with Gasteiger partial charge in [0.05, 0.1) is 5.52 Å². The number of pyridine rings is 1. The van der Waals surface area contributed by atoms with Gasteiger partial charge in [0, 0.05) is 63.1 Å². The van der Waals surface area contributed by atoms with Gasteiger partial charge in [0.2, 0.25) is 0 Å². The summed E-state index contributed by atoms with van der Waals surface area (Å²) in [6.45, 7) is 8.36. The number of urea groups is 1. The molecule has 1 aromatic carbocycles. The Kier molecular flexibility index (Phi) is 8.17. The van der Waals surface area contributed by atoms with Crippen LogP contribution in [-0.4, -0.2) is 84.3 Å². The molecule has 0 atom stereocenters. The molecule has 0 aliphatic carbocycles. The Labute approximate surface area is 205 Å². The van der Waals surface area contributed by atoms with Crippen molar-refractivity contribution in [1.29, 1.82) is 0 Å². The van der Waals surface area contributed by atoms with Crippen LogP contribution in [0.4, 0.5) is 15.4 Å². The minimum atomic E-state index is -0.291. The van der Waals surface area contributed by atoms with Gasteiger partial charge >= 0.3 is 12.1 Å². The van der Waals surface area contributed by atoms with Gasteiger partial charge in [-0.3, -0.25) is 9.88 Å². The summed E-state index contributed by atoms with van der Waals surface area (Å²) in [5.74, 6) is 1.58. The molecule has 3 amide bonds. The molecule has 3 N–H and O–H groups in total. The van der Waals surface area contributed by atoms with Crippen molar-refractivity contribution in [1.82, 2.24) is 30.0 Å². The molecule has 3 aromatic rings. The van der Waals surface area contributed by atoms with E-state index in [1.54, 1.807) is 35.2 Å². The largest absolute Gasteiger partial charge is 0.457 e. The highest BCUT2D eigenvalue weighted by molar-refractivity contribution is 5.92. The zero-order valence-electron chi connectivity index (χ0n) is 20.3. The Morgan fingerprint density at radius 2 is 1.83 bits per heavy atom. The van der Waals surface area contributed by atoms with Gasteiger partial charge in [-0.1, -0.05) is 0 Å². The minimum Gasteiger partial charge on any atom is -0.457 e. The van der Waals surface area contributed by atoms with E-state index in [4.69, 9.17) is 4.74 Å². The second kappa shape index (κ2) is 11.7. The molecule has 186 valence electrons. The third-order valence-corrected chi connectivity index (χ3v) is 5.95. The van der Waals surface area contributed by atoms with Crippen LogP contribution < -0.4 is 20.7 Å². The lowest BCUT2D eigenvalue weighted by Crippen LogP contribution is -2.45. The molecule has 35 heavy (non-hydrogen) atoms. The van der Waals surface area contributed by atoms with Crippen LogP contribution in [-0.2, 0) is 0 Å². The SMILES string of the molecule is CCNC(=O)n1ccc2cc(Oc3ccnc(NC(=O)NCCCN4CCN(C)CC4)c3)ccc21. The molecule has 2 aromatic heterocycles. The average molecular weight is 480 g/mol. The molecular formula is C25H33N7O3. The van der Waals surface area contributed by atoms with Gasteiger partial charge in [-0.05, 0) is 57.3 Å². The summed E-state index contributed by atoms with van der Waals surface area (Å²) in [5, 5.41) is 9.32. The van der Waals surface area contributed by atoms with Crippen molar-refractivity contribution in [3.05, 3.63) is 48.8 Å². The lowest BCUT2D eigenvalue weighted by atomic mass is 10.2. The smallest absolute Gasteiger partial charge is 0.326 e. The maximum atomic E-state index is 12.3. The third kappa shape index (κ3) is 6.71. The average Bonchev–Trinajstić information content (AvgIpc) is 3.27. The molecule has 0 bridgehead atoms. The number of nitrogens with zero attached hydrogens (tertiary/aromatic N) is 4. The number of amides is 3. The second-order valence-corrected chi connectivity index (χ2v) is 8.60. The molecule has 10 nitrogen and oxygen atoms in total. The summed E-state index contributed by atoms with van der Waals surface area (Å²) in [7, 11) is 2.14. The Morgan fingerprint density at radius 3 is 2.63 bits per heavy atom. The zero-order chi connectivity index (χ0) is 24.6. The van der Waals surface area contributed by atoms with Crippen LogP contribution in [0.15, 0.2) is 48.8 Å². The van der Waals surface area contributed by atoms with E-state index in [0.29, 0.717) is 30.4 Å².